The first-order valence-corrected chi connectivity index (χ1v) is 12.0. The van der Waals surface area contributed by atoms with Crippen molar-refractivity contribution in [3.8, 4) is 0 Å². The summed E-state index contributed by atoms with van der Waals surface area (Å²) in [6, 6.07) is 0.0599. The fourth-order valence-corrected chi connectivity index (χ4v) is 5.93. The highest BCUT2D eigenvalue weighted by atomic mass is 32.2. The molecule has 2 heterocycles. The number of amides is 1. The molecule has 31 heavy (non-hydrogen) atoms. The number of aromatic nitrogens is 2. The van der Waals surface area contributed by atoms with Gasteiger partial charge < -0.3 is 10.4 Å². The summed E-state index contributed by atoms with van der Waals surface area (Å²) in [4.78, 5) is 21.0. The van der Waals surface area contributed by atoms with E-state index in [-0.39, 0.29) is 24.3 Å². The summed E-state index contributed by atoms with van der Waals surface area (Å²) in [5.74, 6) is 0.577. The van der Waals surface area contributed by atoms with Crippen LogP contribution in [0.1, 0.15) is 42.6 Å². The van der Waals surface area contributed by atoms with E-state index in [9.17, 15) is 13.2 Å². The molecule has 1 saturated heterocycles. The first kappa shape index (κ1) is 25.3. The third-order valence-corrected chi connectivity index (χ3v) is 8.33. The number of carboxylic acid groups (broad SMARTS) is 1. The second-order valence-corrected chi connectivity index (χ2v) is 10.7. The summed E-state index contributed by atoms with van der Waals surface area (Å²) in [6.07, 6.45) is 4.10. The Kier molecular flexibility index (Phi) is 8.61. The van der Waals surface area contributed by atoms with Gasteiger partial charge in [-0.1, -0.05) is 6.42 Å². The molecule has 11 heteroatoms. The van der Waals surface area contributed by atoms with Gasteiger partial charge in [0.15, 0.2) is 0 Å². The molecular formula is C20H35N5O5S. The molecular weight excluding hydrogens is 422 g/mol. The zero-order chi connectivity index (χ0) is 23.3. The third kappa shape index (κ3) is 5.83. The lowest BCUT2D eigenvalue weighted by Gasteiger charge is -2.33. The number of rotatable bonds is 6. The zero-order valence-electron chi connectivity index (χ0n) is 19.0. The topological polar surface area (TPSA) is 125 Å². The number of nitrogens with one attached hydrogen (secondary N) is 1. The number of hydrogen-bond donors (Lipinski definition) is 2. The average molecular weight is 458 g/mol. The Labute approximate surface area is 184 Å². The number of aryl methyl sites for hydroxylation is 2. The van der Waals surface area contributed by atoms with E-state index in [0.29, 0.717) is 31.8 Å². The molecule has 0 bridgehead atoms. The fraction of sp³-hybridized carbons (Fsp3) is 0.750. The standard InChI is InChI=1S/C19H33N5O3S.CH2O2/c1-13-16(14(2)23(5)21-13)9-10-19(25)20-18-8-6-7-15-11-24(12-17(15)18)28(26,27)22(3)4;2-1-3/h15,17-18H,6-12H2,1-5H3,(H,20,25);1H,(H,2,3)/t15-,17+,18-;/m0./s1. The molecule has 2 fully saturated rings. The van der Waals surface area contributed by atoms with Crippen molar-refractivity contribution in [2.24, 2.45) is 18.9 Å². The van der Waals surface area contributed by atoms with Gasteiger partial charge in [0.2, 0.25) is 5.91 Å². The van der Waals surface area contributed by atoms with Crippen molar-refractivity contribution in [3.63, 3.8) is 0 Å². The van der Waals surface area contributed by atoms with Gasteiger partial charge in [-0.2, -0.15) is 22.1 Å². The zero-order valence-corrected chi connectivity index (χ0v) is 19.9. The normalized spacial score (nSPS) is 23.7. The molecule has 1 aromatic heterocycles. The van der Waals surface area contributed by atoms with Crippen LogP contribution in [0.5, 0.6) is 0 Å². The molecule has 2 N–H and O–H groups in total. The largest absolute Gasteiger partial charge is 0.483 e. The number of carbonyl (C=O) groups excluding carboxylic acids is 1. The molecule has 0 spiro atoms. The van der Waals surface area contributed by atoms with Crippen LogP contribution in [-0.4, -0.2) is 77.5 Å². The molecule has 10 nitrogen and oxygen atoms in total. The van der Waals surface area contributed by atoms with Crippen LogP contribution in [0, 0.1) is 25.7 Å². The molecule has 1 aliphatic carbocycles. The highest BCUT2D eigenvalue weighted by Gasteiger charge is 2.44. The third-order valence-electron chi connectivity index (χ3n) is 6.46. The highest BCUT2D eigenvalue weighted by molar-refractivity contribution is 7.86. The van der Waals surface area contributed by atoms with E-state index in [1.165, 1.54) is 4.31 Å². The predicted octanol–water partition coefficient (Wildman–Crippen LogP) is 0.693. The highest BCUT2D eigenvalue weighted by Crippen LogP contribution is 2.37. The van der Waals surface area contributed by atoms with Crippen LogP contribution in [0.3, 0.4) is 0 Å². The van der Waals surface area contributed by atoms with Gasteiger partial charge in [0.05, 0.1) is 5.69 Å². The maximum Gasteiger partial charge on any atom is 0.290 e. The molecule has 176 valence electrons. The Hall–Kier alpha value is -1.98. The SMILES string of the molecule is Cc1nn(C)c(C)c1CCC(=O)N[C@H]1CCC[C@H]2CN(S(=O)(=O)N(C)C)C[C@H]21.O=CO. The number of fused-ring (bicyclic) bond motifs is 1. The lowest BCUT2D eigenvalue weighted by molar-refractivity contribution is -0.123. The molecule has 1 saturated carbocycles. The Balaban J connectivity index is 0.00000107. The number of hydrogen-bond acceptors (Lipinski definition) is 5. The van der Waals surface area contributed by atoms with Gasteiger partial charge in [0.1, 0.15) is 0 Å². The van der Waals surface area contributed by atoms with E-state index in [1.807, 2.05) is 25.6 Å². The van der Waals surface area contributed by atoms with Gasteiger partial charge in [-0.3, -0.25) is 14.3 Å². The molecule has 1 amide bonds. The van der Waals surface area contributed by atoms with Crippen molar-refractivity contribution in [2.75, 3.05) is 27.2 Å². The van der Waals surface area contributed by atoms with E-state index in [1.54, 1.807) is 18.4 Å². The minimum Gasteiger partial charge on any atom is -0.483 e. The second-order valence-electron chi connectivity index (χ2n) is 8.51. The molecule has 1 aromatic rings. The molecule has 0 radical (unpaired) electrons. The van der Waals surface area contributed by atoms with Crippen molar-refractivity contribution in [1.82, 2.24) is 23.7 Å². The van der Waals surface area contributed by atoms with Crippen LogP contribution in [0.2, 0.25) is 0 Å². The summed E-state index contributed by atoms with van der Waals surface area (Å²) in [7, 11) is 1.66. The van der Waals surface area contributed by atoms with Gasteiger partial charge in [0.25, 0.3) is 16.7 Å². The Morgan fingerprint density at radius 1 is 1.29 bits per heavy atom. The average Bonchev–Trinajstić information content (AvgIpc) is 3.23. The van der Waals surface area contributed by atoms with Gasteiger partial charge >= 0.3 is 0 Å². The van der Waals surface area contributed by atoms with E-state index in [2.05, 4.69) is 10.4 Å². The maximum absolute atomic E-state index is 12.6. The van der Waals surface area contributed by atoms with Crippen LogP contribution in [-0.2, 0) is 33.3 Å². The molecule has 3 rings (SSSR count). The Bertz CT molecular complexity index is 883. The lowest BCUT2D eigenvalue weighted by atomic mass is 9.78. The number of carbonyl (C=O) groups is 2. The van der Waals surface area contributed by atoms with Crippen LogP contribution >= 0.6 is 0 Å². The Morgan fingerprint density at radius 2 is 1.94 bits per heavy atom. The Morgan fingerprint density at radius 3 is 2.48 bits per heavy atom. The summed E-state index contributed by atoms with van der Waals surface area (Å²) in [6.45, 7) is 4.81. The van der Waals surface area contributed by atoms with Gasteiger partial charge in [0, 0.05) is 52.4 Å². The molecule has 0 aromatic carbocycles. The molecule has 0 unspecified atom stereocenters. The summed E-state index contributed by atoms with van der Waals surface area (Å²) >= 11 is 0. The minimum atomic E-state index is -3.40. The lowest BCUT2D eigenvalue weighted by Crippen LogP contribution is -2.46. The summed E-state index contributed by atoms with van der Waals surface area (Å²) in [5.41, 5.74) is 3.22. The van der Waals surface area contributed by atoms with E-state index in [4.69, 9.17) is 9.90 Å². The van der Waals surface area contributed by atoms with Crippen LogP contribution in [0.25, 0.3) is 0 Å². The van der Waals surface area contributed by atoms with Crippen LogP contribution in [0.15, 0.2) is 0 Å². The molecule has 3 atom stereocenters. The summed E-state index contributed by atoms with van der Waals surface area (Å²) in [5, 5.41) is 14.5. The minimum absolute atomic E-state index is 0.0437. The maximum atomic E-state index is 12.6. The van der Waals surface area contributed by atoms with Crippen LogP contribution in [0.4, 0.5) is 0 Å². The van der Waals surface area contributed by atoms with Gasteiger partial charge in [-0.15, -0.1) is 0 Å². The monoisotopic (exact) mass is 457 g/mol. The van der Waals surface area contributed by atoms with Gasteiger partial charge in [-0.05, 0) is 50.5 Å². The van der Waals surface area contributed by atoms with Crippen molar-refractivity contribution in [2.45, 2.75) is 52.0 Å². The predicted molar refractivity (Wildman–Crippen MR) is 117 cm³/mol. The quantitative estimate of drug-likeness (QED) is 0.606. The first-order valence-electron chi connectivity index (χ1n) is 10.6. The molecule has 1 aliphatic heterocycles. The van der Waals surface area contributed by atoms with Crippen molar-refractivity contribution < 1.29 is 23.1 Å². The van der Waals surface area contributed by atoms with Crippen molar-refractivity contribution in [1.29, 1.82) is 0 Å². The second kappa shape index (κ2) is 10.6. The fourth-order valence-electron chi connectivity index (χ4n) is 4.73. The first-order chi connectivity index (χ1) is 14.5. The van der Waals surface area contributed by atoms with Crippen LogP contribution < -0.4 is 5.32 Å². The smallest absolute Gasteiger partial charge is 0.290 e. The van der Waals surface area contributed by atoms with Crippen molar-refractivity contribution >= 4 is 22.6 Å². The molecule has 2 aliphatic rings. The summed E-state index contributed by atoms with van der Waals surface area (Å²) < 4.78 is 29.7. The van der Waals surface area contributed by atoms with Gasteiger partial charge in [-0.25, -0.2) is 0 Å². The van der Waals surface area contributed by atoms with Crippen molar-refractivity contribution in [3.05, 3.63) is 17.0 Å². The number of nitrogens with zero attached hydrogens (tertiary/aromatic N) is 4. The van der Waals surface area contributed by atoms with E-state index in [0.717, 1.165) is 36.2 Å². The van der Waals surface area contributed by atoms with E-state index >= 15 is 0 Å². The van der Waals surface area contributed by atoms with E-state index < -0.39 is 10.2 Å².